The van der Waals surface area contributed by atoms with E-state index in [0.29, 0.717) is 0 Å². The van der Waals surface area contributed by atoms with E-state index in [0.717, 1.165) is 44.4 Å². The second kappa shape index (κ2) is 16.2. The van der Waals surface area contributed by atoms with Crippen LogP contribution in [-0.2, 0) is 0 Å². The molecule has 0 radical (unpaired) electrons. The summed E-state index contributed by atoms with van der Waals surface area (Å²) >= 11 is 0. The zero-order valence-electron chi connectivity index (χ0n) is 36.8. The van der Waals surface area contributed by atoms with E-state index in [2.05, 4.69) is 246 Å². The molecule has 0 amide bonds. The number of fused-ring (bicyclic) bond motifs is 10. The predicted molar refractivity (Wildman–Crippen MR) is 279 cm³/mol. The Hall–Kier alpha value is -8.05. The van der Waals surface area contributed by atoms with Crippen LogP contribution in [0.5, 0.6) is 0 Å². The molecule has 316 valence electrons. The average Bonchev–Trinajstić information content (AvgIpc) is 4.06. The van der Waals surface area contributed by atoms with E-state index in [1.807, 2.05) is 19.9 Å². The molecule has 0 aliphatic rings. The second-order valence-electron chi connectivity index (χ2n) is 16.4. The van der Waals surface area contributed by atoms with Crippen molar-refractivity contribution in [2.24, 2.45) is 0 Å². The molecule has 4 heteroatoms. The van der Waals surface area contributed by atoms with E-state index in [-0.39, 0.29) is 0 Å². The Morgan fingerprint density at radius 2 is 0.879 bits per heavy atom. The average molecular weight is 867 g/mol. The predicted octanol–water partition coefficient (Wildman–Crippen LogP) is 17.8. The maximum atomic E-state index is 6.62. The first-order valence-corrected chi connectivity index (χ1v) is 24.5. The van der Waals surface area contributed by atoms with Gasteiger partial charge in [-0.3, -0.25) is 0 Å². The lowest BCUT2D eigenvalue weighted by molar-refractivity contribution is 0.670. The summed E-state index contributed by atoms with van der Waals surface area (Å²) in [5, 5.41) is 7.23. The van der Waals surface area contributed by atoms with Gasteiger partial charge in [0.2, 0.25) is 0 Å². The first-order chi connectivity index (χ1) is 32.8. The lowest BCUT2D eigenvalue weighted by Crippen LogP contribution is -2.06. The zero-order chi connectivity index (χ0) is 44.2. The largest absolute Gasteiger partial charge is 0.455 e. The molecule has 13 rings (SSSR count). The molecule has 0 bridgehead atoms. The topological polar surface area (TPSA) is 23.0 Å². The highest BCUT2D eigenvalue weighted by Crippen LogP contribution is 2.74. The second-order valence-corrected chi connectivity index (χ2v) is 19.6. The Bertz CT molecular complexity index is 3860. The highest BCUT2D eigenvalue weighted by atomic mass is 32.3. The first kappa shape index (κ1) is 39.5. The van der Waals surface area contributed by atoms with Gasteiger partial charge in [0.15, 0.2) is 0 Å². The molecule has 66 heavy (non-hydrogen) atoms. The van der Waals surface area contributed by atoms with Crippen LogP contribution in [0.15, 0.2) is 267 Å². The van der Waals surface area contributed by atoms with Crippen molar-refractivity contribution in [3.63, 3.8) is 0 Å². The molecule has 0 fully saturated rings. The summed E-state index contributed by atoms with van der Waals surface area (Å²) in [4.78, 5) is 5.05. The smallest absolute Gasteiger partial charge is 0.143 e. The van der Waals surface area contributed by atoms with Gasteiger partial charge in [0, 0.05) is 68.8 Å². The standard InChI is InChI=1S/C60H40N2OS.C2H6/c1-4-20-42(21-5-1)62-54-34-13-10-29-49(54)51-37-38-56-58(59(51)62)53-31-11-14-35-55(53)61(56)43-22-17-28-47(40-43)64(44-23-6-2-7-24-44,45-25-8-3-9-26-45)46-27-16-19-41(39-46)48-32-18-33-52-50-30-12-15-36-57(50)63-60(48)52;1-2/h1-40H;1-2H3. The number of aromatic nitrogens is 2. The summed E-state index contributed by atoms with van der Waals surface area (Å²) in [6.45, 7) is 4.00. The lowest BCUT2D eigenvalue weighted by atomic mass is 10.0. The summed E-state index contributed by atoms with van der Waals surface area (Å²) in [6.07, 6.45) is 0. The minimum atomic E-state index is -2.08. The van der Waals surface area contributed by atoms with Gasteiger partial charge >= 0.3 is 0 Å². The zero-order valence-corrected chi connectivity index (χ0v) is 37.6. The van der Waals surface area contributed by atoms with Crippen LogP contribution in [0, 0.1) is 0 Å². The Balaban J connectivity index is 0.00000225. The molecule has 0 unspecified atom stereocenters. The van der Waals surface area contributed by atoms with Crippen LogP contribution in [0.25, 0.3) is 88.1 Å². The van der Waals surface area contributed by atoms with Gasteiger partial charge in [0.25, 0.3) is 0 Å². The van der Waals surface area contributed by atoms with E-state index in [1.54, 1.807) is 0 Å². The lowest BCUT2D eigenvalue weighted by Gasteiger charge is -2.42. The van der Waals surface area contributed by atoms with Gasteiger partial charge in [0.1, 0.15) is 11.2 Å². The molecule has 0 N–H and O–H groups in total. The fourth-order valence-corrected chi connectivity index (χ4v) is 14.3. The van der Waals surface area contributed by atoms with Crippen LogP contribution < -0.4 is 0 Å². The van der Waals surface area contributed by atoms with Crippen molar-refractivity contribution in [1.82, 2.24) is 9.13 Å². The Kier molecular flexibility index (Phi) is 9.70. The first-order valence-electron chi connectivity index (χ1n) is 22.8. The monoisotopic (exact) mass is 866 g/mol. The van der Waals surface area contributed by atoms with Crippen molar-refractivity contribution >= 4 is 75.6 Å². The van der Waals surface area contributed by atoms with E-state index in [9.17, 15) is 0 Å². The molecule has 0 saturated carbocycles. The van der Waals surface area contributed by atoms with E-state index in [1.165, 1.54) is 63.2 Å². The van der Waals surface area contributed by atoms with Crippen LogP contribution in [-0.4, -0.2) is 9.13 Å². The van der Waals surface area contributed by atoms with Crippen molar-refractivity contribution in [1.29, 1.82) is 0 Å². The van der Waals surface area contributed by atoms with Gasteiger partial charge in [-0.15, -0.1) is 10.0 Å². The summed E-state index contributed by atoms with van der Waals surface area (Å²) < 4.78 is 11.6. The molecule has 0 aliphatic heterocycles. The number of hydrogen-bond acceptors (Lipinski definition) is 1. The Morgan fingerprint density at radius 3 is 1.61 bits per heavy atom. The highest BCUT2D eigenvalue weighted by molar-refractivity contribution is 8.34. The van der Waals surface area contributed by atoms with Gasteiger partial charge in [-0.25, -0.2) is 0 Å². The Labute approximate surface area is 385 Å². The molecule has 0 aliphatic carbocycles. The Morgan fingerprint density at radius 1 is 0.348 bits per heavy atom. The minimum Gasteiger partial charge on any atom is -0.455 e. The van der Waals surface area contributed by atoms with Gasteiger partial charge in [0.05, 0.1) is 22.1 Å². The fourth-order valence-electron chi connectivity index (χ4n) is 10.3. The normalized spacial score (nSPS) is 12.0. The molecule has 0 atom stereocenters. The fraction of sp³-hybridized carbons (Fsp3) is 0.0323. The van der Waals surface area contributed by atoms with Crippen molar-refractivity contribution in [3.8, 4) is 22.5 Å². The van der Waals surface area contributed by atoms with Gasteiger partial charge in [-0.2, -0.15) is 0 Å². The summed E-state index contributed by atoms with van der Waals surface area (Å²) in [7, 11) is -2.08. The SMILES string of the molecule is CC.c1ccc(-n2c3ccccc3c3ccc4c(c5ccccc5n4-c4cccc(S(c5ccccc5)(c5ccccc5)c5cccc(-c6cccc7c6oc6ccccc67)c5)c4)c32)cc1. The van der Waals surface area contributed by atoms with Crippen molar-refractivity contribution in [3.05, 3.63) is 243 Å². The third-order valence-corrected chi connectivity index (χ3v) is 16.9. The highest BCUT2D eigenvalue weighted by Gasteiger charge is 2.34. The van der Waals surface area contributed by atoms with Crippen molar-refractivity contribution in [2.75, 3.05) is 0 Å². The van der Waals surface area contributed by atoms with Crippen molar-refractivity contribution in [2.45, 2.75) is 33.4 Å². The number of furan rings is 1. The van der Waals surface area contributed by atoms with Crippen LogP contribution in [0.3, 0.4) is 0 Å². The van der Waals surface area contributed by atoms with E-state index < -0.39 is 10.0 Å². The summed E-state index contributed by atoms with van der Waals surface area (Å²) in [6, 6.07) is 88.9. The van der Waals surface area contributed by atoms with E-state index >= 15 is 0 Å². The number of nitrogens with zero attached hydrogens (tertiary/aromatic N) is 2. The van der Waals surface area contributed by atoms with Crippen LogP contribution in [0.2, 0.25) is 0 Å². The van der Waals surface area contributed by atoms with Crippen LogP contribution in [0.1, 0.15) is 13.8 Å². The maximum Gasteiger partial charge on any atom is 0.143 e. The van der Waals surface area contributed by atoms with Gasteiger partial charge in [-0.1, -0.05) is 166 Å². The van der Waals surface area contributed by atoms with Crippen LogP contribution in [0.4, 0.5) is 0 Å². The molecule has 3 aromatic heterocycles. The molecule has 3 nitrogen and oxygen atoms in total. The number of para-hydroxylation sites is 5. The van der Waals surface area contributed by atoms with E-state index in [4.69, 9.17) is 4.42 Å². The third-order valence-electron chi connectivity index (χ3n) is 13.0. The van der Waals surface area contributed by atoms with Crippen molar-refractivity contribution < 1.29 is 4.42 Å². The summed E-state index contributed by atoms with van der Waals surface area (Å²) in [5.74, 6) is 0. The minimum absolute atomic E-state index is 0.902. The molecule has 3 heterocycles. The molecular formula is C62H46N2OS. The number of rotatable bonds is 7. The molecule has 10 aromatic carbocycles. The summed E-state index contributed by atoms with van der Waals surface area (Å²) in [5.41, 5.74) is 11.1. The third kappa shape index (κ3) is 5.99. The molecule has 0 spiro atoms. The molecule has 0 saturated heterocycles. The van der Waals surface area contributed by atoms with Gasteiger partial charge < -0.3 is 13.6 Å². The van der Waals surface area contributed by atoms with Crippen LogP contribution >= 0.6 is 10.0 Å². The number of hydrogen-bond donors (Lipinski definition) is 0. The number of benzene rings is 10. The maximum absolute atomic E-state index is 6.62. The molecular weight excluding hydrogens is 821 g/mol. The quantitative estimate of drug-likeness (QED) is 0.156. The van der Waals surface area contributed by atoms with Gasteiger partial charge in [-0.05, 0) is 96.6 Å². The molecule has 13 aromatic rings.